The summed E-state index contributed by atoms with van der Waals surface area (Å²) in [6, 6.07) is 23.9. The zero-order valence-electron chi connectivity index (χ0n) is 22.4. The predicted molar refractivity (Wildman–Crippen MR) is 148 cm³/mol. The Bertz CT molecular complexity index is 1080. The summed E-state index contributed by atoms with van der Waals surface area (Å²) in [6.07, 6.45) is 7.38. The van der Waals surface area contributed by atoms with E-state index in [-0.39, 0.29) is 23.7 Å². The van der Waals surface area contributed by atoms with E-state index in [4.69, 9.17) is 4.74 Å². The van der Waals surface area contributed by atoms with Crippen LogP contribution in [0.4, 0.5) is 0 Å². The summed E-state index contributed by atoms with van der Waals surface area (Å²) in [4.78, 5) is 30.2. The molecule has 37 heavy (non-hydrogen) atoms. The fourth-order valence-corrected chi connectivity index (χ4v) is 4.43. The van der Waals surface area contributed by atoms with Gasteiger partial charge in [0.05, 0.1) is 6.04 Å². The number of aryl methyl sites for hydroxylation is 1. The number of carbonyl (C=O) groups is 2. The molecule has 0 radical (unpaired) electrons. The number of ketones is 1. The van der Waals surface area contributed by atoms with E-state index >= 15 is 0 Å². The summed E-state index contributed by atoms with van der Waals surface area (Å²) in [5, 5.41) is 3.54. The summed E-state index contributed by atoms with van der Waals surface area (Å²) in [7, 11) is 0. The minimum Gasteiger partial charge on any atom is -0.460 e. The molecule has 5 nitrogen and oxygen atoms in total. The molecule has 0 saturated heterocycles. The zero-order valence-corrected chi connectivity index (χ0v) is 22.4. The molecule has 0 fully saturated rings. The van der Waals surface area contributed by atoms with Crippen molar-refractivity contribution < 1.29 is 14.3 Å². The number of pyridine rings is 1. The first-order valence-corrected chi connectivity index (χ1v) is 13.2. The van der Waals surface area contributed by atoms with E-state index in [0.29, 0.717) is 25.8 Å². The molecule has 5 heteroatoms. The number of carbonyl (C=O) groups excluding carboxylic acids is 2. The number of aromatic nitrogens is 1. The van der Waals surface area contributed by atoms with Crippen LogP contribution in [0.25, 0.3) is 0 Å². The van der Waals surface area contributed by atoms with Crippen LogP contribution >= 0.6 is 0 Å². The van der Waals surface area contributed by atoms with Gasteiger partial charge in [0.2, 0.25) is 0 Å². The van der Waals surface area contributed by atoms with E-state index in [2.05, 4.69) is 34.6 Å². The molecule has 0 unspecified atom stereocenters. The van der Waals surface area contributed by atoms with Crippen LogP contribution in [0, 0.1) is 5.92 Å². The molecular formula is C32H40N2O3. The van der Waals surface area contributed by atoms with Gasteiger partial charge >= 0.3 is 5.97 Å². The minimum atomic E-state index is -0.526. The maximum absolute atomic E-state index is 13.3. The van der Waals surface area contributed by atoms with E-state index in [1.165, 1.54) is 5.56 Å². The van der Waals surface area contributed by atoms with Gasteiger partial charge in [0, 0.05) is 25.2 Å². The molecular weight excluding hydrogens is 460 g/mol. The summed E-state index contributed by atoms with van der Waals surface area (Å²) in [6.45, 7) is 6.21. The predicted octanol–water partition coefficient (Wildman–Crippen LogP) is 5.77. The third kappa shape index (κ3) is 11.1. The molecule has 196 valence electrons. The molecule has 0 aliphatic carbocycles. The smallest absolute Gasteiger partial charge is 0.306 e. The summed E-state index contributed by atoms with van der Waals surface area (Å²) in [5.74, 6) is -0.000161. The largest absolute Gasteiger partial charge is 0.460 e. The second-order valence-corrected chi connectivity index (χ2v) is 10.7. The molecule has 3 aromatic rings. The van der Waals surface area contributed by atoms with Gasteiger partial charge in [-0.1, -0.05) is 66.7 Å². The Balaban J connectivity index is 1.67. The lowest BCUT2D eigenvalue weighted by molar-refractivity contribution is -0.155. The molecule has 0 bridgehead atoms. The van der Waals surface area contributed by atoms with Gasteiger partial charge in [-0.25, -0.2) is 0 Å². The van der Waals surface area contributed by atoms with Crippen molar-refractivity contribution in [2.45, 2.75) is 70.9 Å². The van der Waals surface area contributed by atoms with Gasteiger partial charge in [-0.05, 0) is 81.7 Å². The zero-order chi connectivity index (χ0) is 26.5. The van der Waals surface area contributed by atoms with Crippen LogP contribution < -0.4 is 5.32 Å². The topological polar surface area (TPSA) is 68.3 Å². The molecule has 0 spiro atoms. The van der Waals surface area contributed by atoms with Crippen molar-refractivity contribution in [2.24, 2.45) is 5.92 Å². The Hall–Kier alpha value is -3.31. The van der Waals surface area contributed by atoms with Gasteiger partial charge in [0.1, 0.15) is 11.4 Å². The van der Waals surface area contributed by atoms with Crippen molar-refractivity contribution in [1.29, 1.82) is 0 Å². The lowest BCUT2D eigenvalue weighted by Gasteiger charge is -2.25. The Morgan fingerprint density at radius 2 is 1.49 bits per heavy atom. The van der Waals surface area contributed by atoms with Crippen molar-refractivity contribution in [2.75, 3.05) is 6.54 Å². The number of nitrogens with zero attached hydrogens (tertiary/aromatic N) is 1. The Labute approximate surface area is 221 Å². The number of hydrogen-bond acceptors (Lipinski definition) is 5. The molecule has 0 saturated carbocycles. The quantitative estimate of drug-likeness (QED) is 0.285. The fraction of sp³-hybridized carbons (Fsp3) is 0.406. The Morgan fingerprint density at radius 1 is 0.865 bits per heavy atom. The lowest BCUT2D eigenvalue weighted by Crippen LogP contribution is -2.42. The average molecular weight is 501 g/mol. The highest BCUT2D eigenvalue weighted by Crippen LogP contribution is 2.17. The third-order valence-corrected chi connectivity index (χ3v) is 6.18. The summed E-state index contributed by atoms with van der Waals surface area (Å²) in [5.41, 5.74) is 2.90. The van der Waals surface area contributed by atoms with Crippen LogP contribution in [-0.4, -0.2) is 34.9 Å². The number of benzene rings is 2. The average Bonchev–Trinajstić information content (AvgIpc) is 2.87. The van der Waals surface area contributed by atoms with Crippen molar-refractivity contribution in [3.63, 3.8) is 0 Å². The number of rotatable bonds is 14. The maximum atomic E-state index is 13.3. The number of ether oxygens (including phenoxy) is 1. The highest BCUT2D eigenvalue weighted by atomic mass is 16.6. The molecule has 1 heterocycles. The highest BCUT2D eigenvalue weighted by molar-refractivity contribution is 5.84. The molecule has 0 aliphatic rings. The van der Waals surface area contributed by atoms with Gasteiger partial charge < -0.3 is 10.1 Å². The van der Waals surface area contributed by atoms with E-state index in [1.807, 2.05) is 75.5 Å². The first-order chi connectivity index (χ1) is 17.8. The van der Waals surface area contributed by atoms with Crippen LogP contribution in [0.15, 0.2) is 85.2 Å². The van der Waals surface area contributed by atoms with Crippen LogP contribution in [0.3, 0.4) is 0 Å². The minimum absolute atomic E-state index is 0.0127. The number of hydrogen-bond donors (Lipinski definition) is 1. The molecule has 0 aliphatic heterocycles. The number of esters is 1. The van der Waals surface area contributed by atoms with E-state index in [0.717, 1.165) is 30.4 Å². The highest BCUT2D eigenvalue weighted by Gasteiger charge is 2.24. The first kappa shape index (κ1) is 28.3. The summed E-state index contributed by atoms with van der Waals surface area (Å²) >= 11 is 0. The molecule has 2 atom stereocenters. The van der Waals surface area contributed by atoms with Gasteiger partial charge in [0.25, 0.3) is 0 Å². The van der Waals surface area contributed by atoms with Crippen molar-refractivity contribution in [1.82, 2.24) is 10.3 Å². The standard InChI is InChI=1S/C32H40N2O3/c1-32(2,3)37-31(36)22-28(20-25-12-6-4-7-13-25)24-34-29(21-26-14-8-5-9-15-26)30(35)18-10-16-27-17-11-19-33-23-27/h4-9,11-15,17,19,23,28-29,34H,10,16,18,20-22,24H2,1-3H3/t28-,29+/m1/s1. The van der Waals surface area contributed by atoms with Crippen LogP contribution in [-0.2, 0) is 33.6 Å². The molecule has 0 amide bonds. The second-order valence-electron chi connectivity index (χ2n) is 10.7. The van der Waals surface area contributed by atoms with Gasteiger partial charge in [-0.3, -0.25) is 14.6 Å². The second kappa shape index (κ2) is 14.4. The van der Waals surface area contributed by atoms with Gasteiger partial charge in [-0.2, -0.15) is 0 Å². The van der Waals surface area contributed by atoms with Gasteiger partial charge in [-0.15, -0.1) is 0 Å². The number of nitrogens with one attached hydrogen (secondary N) is 1. The number of Topliss-reactive ketones (excluding diaryl/α,β-unsaturated/α-hetero) is 1. The van der Waals surface area contributed by atoms with Crippen LogP contribution in [0.2, 0.25) is 0 Å². The fourth-order valence-electron chi connectivity index (χ4n) is 4.43. The van der Waals surface area contributed by atoms with Crippen LogP contribution in [0.5, 0.6) is 0 Å². The van der Waals surface area contributed by atoms with E-state index < -0.39 is 5.60 Å². The molecule has 3 rings (SSSR count). The summed E-state index contributed by atoms with van der Waals surface area (Å²) < 4.78 is 5.61. The van der Waals surface area contributed by atoms with Crippen molar-refractivity contribution in [3.8, 4) is 0 Å². The normalized spacial score (nSPS) is 13.1. The lowest BCUT2D eigenvalue weighted by atomic mass is 9.94. The molecule has 1 aromatic heterocycles. The SMILES string of the molecule is CC(C)(C)OC(=O)C[C@H](CN[C@@H](Cc1ccccc1)C(=O)CCCc1cccnc1)Cc1ccccc1. The molecule has 1 N–H and O–H groups in total. The monoisotopic (exact) mass is 500 g/mol. The first-order valence-electron chi connectivity index (χ1n) is 13.2. The Kier molecular flexibility index (Phi) is 11.0. The Morgan fingerprint density at radius 3 is 2.08 bits per heavy atom. The third-order valence-electron chi connectivity index (χ3n) is 6.18. The van der Waals surface area contributed by atoms with E-state index in [1.54, 1.807) is 6.20 Å². The van der Waals surface area contributed by atoms with Crippen molar-refractivity contribution >= 4 is 11.8 Å². The molecule has 2 aromatic carbocycles. The van der Waals surface area contributed by atoms with Gasteiger partial charge in [0.15, 0.2) is 0 Å². The van der Waals surface area contributed by atoms with Crippen molar-refractivity contribution in [3.05, 3.63) is 102 Å². The maximum Gasteiger partial charge on any atom is 0.306 e. The van der Waals surface area contributed by atoms with E-state index in [9.17, 15) is 9.59 Å². The van der Waals surface area contributed by atoms with Crippen LogP contribution in [0.1, 0.15) is 56.7 Å².